The molecule has 36 heavy (non-hydrogen) atoms. The molecule has 1 fully saturated rings. The molecular formula is C29H28N4O3. The largest absolute Gasteiger partial charge is 0.481 e. The van der Waals surface area contributed by atoms with Crippen molar-refractivity contribution in [2.24, 2.45) is 5.92 Å². The minimum Gasteiger partial charge on any atom is -0.481 e. The zero-order chi connectivity index (χ0) is 24.8. The van der Waals surface area contributed by atoms with Crippen LogP contribution in [0.25, 0.3) is 34.0 Å². The van der Waals surface area contributed by atoms with Crippen molar-refractivity contribution < 1.29 is 14.4 Å². The molecule has 2 aliphatic carbocycles. The molecule has 2 aliphatic rings. The van der Waals surface area contributed by atoms with E-state index in [2.05, 4.69) is 59.6 Å². The van der Waals surface area contributed by atoms with Gasteiger partial charge in [-0.05, 0) is 103 Å². The summed E-state index contributed by atoms with van der Waals surface area (Å²) in [6.45, 7) is 4.19. The molecule has 0 saturated heterocycles. The molecule has 2 heterocycles. The zero-order valence-electron chi connectivity index (χ0n) is 20.4. The van der Waals surface area contributed by atoms with Gasteiger partial charge in [0.05, 0.1) is 5.92 Å². The lowest BCUT2D eigenvalue weighted by Crippen LogP contribution is -2.45. The second-order valence-corrected chi connectivity index (χ2v) is 10.0. The van der Waals surface area contributed by atoms with Crippen LogP contribution in [0.3, 0.4) is 0 Å². The highest BCUT2D eigenvalue weighted by Gasteiger charge is 2.36. The van der Waals surface area contributed by atoms with E-state index in [1.165, 1.54) is 16.7 Å². The fraction of sp³-hybridized carbons (Fsp3) is 0.310. The highest BCUT2D eigenvalue weighted by atomic mass is 16.5. The highest BCUT2D eigenvalue weighted by Crippen LogP contribution is 2.38. The molecule has 182 valence electrons. The summed E-state index contributed by atoms with van der Waals surface area (Å²) in [4.78, 5) is 19.9. The average molecular weight is 481 g/mol. The van der Waals surface area contributed by atoms with Crippen LogP contribution in [0.4, 0.5) is 0 Å². The van der Waals surface area contributed by atoms with Gasteiger partial charge in [-0.25, -0.2) is 0 Å². The van der Waals surface area contributed by atoms with E-state index in [0.29, 0.717) is 30.6 Å². The molecule has 1 saturated carbocycles. The number of carboxylic acid groups (broad SMARTS) is 1. The Hall–Kier alpha value is -3.84. The average Bonchev–Trinajstić information content (AvgIpc) is 3.48. The monoisotopic (exact) mass is 480 g/mol. The molecule has 2 aromatic carbocycles. The standard InChI is InChI=1S/C29H28N4O3/c1-16-11-21(12-17(2)26(16)18-7-9-30-10-8-18)28-32-27(33-36-28)20-3-5-24-19(13-20)4-6-25(24)31-23-14-22(15-23)29(34)35/h3,5,7-13,22-23,25,31H,4,6,14-15H2,1-2H3,(H,34,35)/t22-,23-,25?. The summed E-state index contributed by atoms with van der Waals surface area (Å²) >= 11 is 0. The Kier molecular flexibility index (Phi) is 5.64. The number of hydrogen-bond donors (Lipinski definition) is 2. The maximum atomic E-state index is 11.1. The molecule has 0 spiro atoms. The van der Waals surface area contributed by atoms with Crippen molar-refractivity contribution in [3.63, 3.8) is 0 Å². The van der Waals surface area contributed by atoms with E-state index in [-0.39, 0.29) is 12.0 Å². The third-order valence-electron chi connectivity index (χ3n) is 7.58. The lowest BCUT2D eigenvalue weighted by Gasteiger charge is -2.35. The molecule has 1 atom stereocenters. The van der Waals surface area contributed by atoms with Gasteiger partial charge >= 0.3 is 5.97 Å². The number of hydrogen-bond acceptors (Lipinski definition) is 6. The van der Waals surface area contributed by atoms with Crippen LogP contribution < -0.4 is 5.32 Å². The third-order valence-corrected chi connectivity index (χ3v) is 7.58. The van der Waals surface area contributed by atoms with Gasteiger partial charge in [0, 0.05) is 35.6 Å². The Balaban J connectivity index is 1.20. The number of benzene rings is 2. The number of nitrogens with zero attached hydrogens (tertiary/aromatic N) is 3. The van der Waals surface area contributed by atoms with Gasteiger partial charge < -0.3 is 14.9 Å². The van der Waals surface area contributed by atoms with Gasteiger partial charge in [0.15, 0.2) is 0 Å². The summed E-state index contributed by atoms with van der Waals surface area (Å²) in [7, 11) is 0. The third kappa shape index (κ3) is 4.09. The van der Waals surface area contributed by atoms with Gasteiger partial charge in [-0.1, -0.05) is 17.3 Å². The van der Waals surface area contributed by atoms with Crippen LogP contribution >= 0.6 is 0 Å². The molecule has 0 bridgehead atoms. The van der Waals surface area contributed by atoms with Crippen LogP contribution in [0.2, 0.25) is 0 Å². The van der Waals surface area contributed by atoms with E-state index in [0.717, 1.165) is 40.7 Å². The zero-order valence-corrected chi connectivity index (χ0v) is 20.4. The minimum atomic E-state index is -0.681. The van der Waals surface area contributed by atoms with Gasteiger partial charge in [0.1, 0.15) is 0 Å². The lowest BCUT2D eigenvalue weighted by atomic mass is 9.80. The quantitative estimate of drug-likeness (QED) is 0.374. The number of rotatable bonds is 6. The minimum absolute atomic E-state index is 0.197. The van der Waals surface area contributed by atoms with E-state index < -0.39 is 5.97 Å². The summed E-state index contributed by atoms with van der Waals surface area (Å²) in [6, 6.07) is 15.2. The first-order chi connectivity index (χ1) is 17.5. The maximum Gasteiger partial charge on any atom is 0.306 e. The summed E-state index contributed by atoms with van der Waals surface area (Å²) in [5, 5.41) is 17.0. The van der Waals surface area contributed by atoms with E-state index >= 15 is 0 Å². The molecule has 7 nitrogen and oxygen atoms in total. The van der Waals surface area contributed by atoms with E-state index in [1.54, 1.807) is 0 Å². The molecule has 6 rings (SSSR count). The van der Waals surface area contributed by atoms with Crippen molar-refractivity contribution in [2.75, 3.05) is 0 Å². The van der Waals surface area contributed by atoms with Crippen molar-refractivity contribution in [2.45, 2.75) is 51.6 Å². The number of aliphatic carboxylic acids is 1. The van der Waals surface area contributed by atoms with E-state index in [1.807, 2.05) is 24.5 Å². The van der Waals surface area contributed by atoms with Gasteiger partial charge in [0.2, 0.25) is 5.82 Å². The Labute approximate surface area is 209 Å². The topological polar surface area (TPSA) is 101 Å². The van der Waals surface area contributed by atoms with Crippen LogP contribution in [0.5, 0.6) is 0 Å². The van der Waals surface area contributed by atoms with Gasteiger partial charge in [0.25, 0.3) is 5.89 Å². The first kappa shape index (κ1) is 22.6. The number of aryl methyl sites for hydroxylation is 3. The Bertz CT molecular complexity index is 1420. The second kappa shape index (κ2) is 8.99. The molecule has 7 heteroatoms. The molecule has 0 amide bonds. The van der Waals surface area contributed by atoms with Crippen molar-refractivity contribution in [3.8, 4) is 34.0 Å². The van der Waals surface area contributed by atoms with Crippen molar-refractivity contribution >= 4 is 5.97 Å². The molecular weight excluding hydrogens is 452 g/mol. The summed E-state index contributed by atoms with van der Waals surface area (Å²) in [5.41, 5.74) is 9.07. The fourth-order valence-electron chi connectivity index (χ4n) is 5.69. The van der Waals surface area contributed by atoms with Crippen LogP contribution in [-0.4, -0.2) is 32.2 Å². The normalized spacial score (nSPS) is 20.7. The molecule has 1 unspecified atom stereocenters. The van der Waals surface area contributed by atoms with Crippen molar-refractivity contribution in [1.82, 2.24) is 20.4 Å². The first-order valence-corrected chi connectivity index (χ1v) is 12.4. The number of carboxylic acids is 1. The maximum absolute atomic E-state index is 11.1. The van der Waals surface area contributed by atoms with Crippen LogP contribution in [0, 0.1) is 19.8 Å². The smallest absolute Gasteiger partial charge is 0.306 e. The fourth-order valence-corrected chi connectivity index (χ4v) is 5.69. The molecule has 0 radical (unpaired) electrons. The lowest BCUT2D eigenvalue weighted by molar-refractivity contribution is -0.145. The summed E-state index contributed by atoms with van der Waals surface area (Å²) in [5.74, 6) is 0.216. The molecule has 4 aromatic rings. The predicted molar refractivity (Wildman–Crippen MR) is 136 cm³/mol. The van der Waals surface area contributed by atoms with Crippen molar-refractivity contribution in [3.05, 3.63) is 77.1 Å². The van der Waals surface area contributed by atoms with Gasteiger partial charge in [-0.2, -0.15) is 4.98 Å². The van der Waals surface area contributed by atoms with Gasteiger partial charge in [-0.3, -0.25) is 9.78 Å². The predicted octanol–water partition coefficient (Wildman–Crippen LogP) is 5.52. The van der Waals surface area contributed by atoms with Crippen LogP contribution in [-0.2, 0) is 11.2 Å². The Morgan fingerprint density at radius 3 is 2.47 bits per heavy atom. The number of aromatic nitrogens is 3. The van der Waals surface area contributed by atoms with E-state index in [4.69, 9.17) is 14.6 Å². The number of fused-ring (bicyclic) bond motifs is 1. The SMILES string of the molecule is Cc1cc(-c2nc(-c3ccc4c(c3)CCC4N[C@H]3C[C@H](C(=O)O)C3)no2)cc(C)c1-c1ccncc1. The van der Waals surface area contributed by atoms with E-state index in [9.17, 15) is 4.79 Å². The Morgan fingerprint density at radius 2 is 1.75 bits per heavy atom. The molecule has 2 aromatic heterocycles. The number of nitrogens with one attached hydrogen (secondary N) is 1. The van der Waals surface area contributed by atoms with Crippen LogP contribution in [0.1, 0.15) is 47.6 Å². The van der Waals surface area contributed by atoms with Gasteiger partial charge in [-0.15, -0.1) is 0 Å². The van der Waals surface area contributed by atoms with Crippen LogP contribution in [0.15, 0.2) is 59.4 Å². The van der Waals surface area contributed by atoms with Crippen molar-refractivity contribution in [1.29, 1.82) is 0 Å². The molecule has 2 N–H and O–H groups in total. The Morgan fingerprint density at radius 1 is 1.00 bits per heavy atom. The summed E-state index contributed by atoms with van der Waals surface area (Å²) < 4.78 is 5.67. The molecule has 0 aliphatic heterocycles. The highest BCUT2D eigenvalue weighted by molar-refractivity contribution is 5.75. The number of carbonyl (C=O) groups is 1. The summed E-state index contributed by atoms with van der Waals surface area (Å²) in [6.07, 6.45) is 7.05. The number of pyridine rings is 1. The second-order valence-electron chi connectivity index (χ2n) is 10.0. The first-order valence-electron chi connectivity index (χ1n) is 12.4.